The molecule has 1 aromatic carbocycles. The van der Waals surface area contributed by atoms with E-state index in [0.29, 0.717) is 5.76 Å². The van der Waals surface area contributed by atoms with Gasteiger partial charge in [-0.15, -0.1) is 0 Å². The minimum Gasteiger partial charge on any atom is -0.427 e. The van der Waals surface area contributed by atoms with Gasteiger partial charge in [-0.25, -0.2) is 4.79 Å². The summed E-state index contributed by atoms with van der Waals surface area (Å²) in [5.41, 5.74) is 1.10. The molecule has 0 spiro atoms. The van der Waals surface area contributed by atoms with E-state index < -0.39 is 5.97 Å². The fourth-order valence-corrected chi connectivity index (χ4v) is 1.33. The Kier molecular flexibility index (Phi) is 2.25. The van der Waals surface area contributed by atoms with Crippen molar-refractivity contribution in [3.05, 3.63) is 42.3 Å². The van der Waals surface area contributed by atoms with E-state index in [1.807, 2.05) is 24.3 Å². The Morgan fingerprint density at radius 3 is 2.93 bits per heavy atom. The second-order valence-corrected chi connectivity index (χ2v) is 3.21. The Bertz CT molecular complexity index is 528. The minimum atomic E-state index is -0.486. The van der Waals surface area contributed by atoms with E-state index >= 15 is 0 Å². The van der Waals surface area contributed by atoms with Crippen LogP contribution in [0.3, 0.4) is 0 Å². The molecule has 0 saturated carbocycles. The lowest BCUT2D eigenvalue weighted by molar-refractivity contribution is 0.0623. The van der Waals surface area contributed by atoms with Crippen LogP contribution in [0.4, 0.5) is 0 Å². The van der Waals surface area contributed by atoms with Gasteiger partial charge in [-0.05, 0) is 13.0 Å². The molecule has 1 heterocycles. The van der Waals surface area contributed by atoms with Crippen LogP contribution >= 0.6 is 0 Å². The number of fused-ring (bicyclic) bond motifs is 1. The average molecular weight is 202 g/mol. The summed E-state index contributed by atoms with van der Waals surface area (Å²) in [6.45, 7) is 5.12. The molecule has 2 rings (SSSR count). The molecule has 1 aromatic heterocycles. The first-order valence-electron chi connectivity index (χ1n) is 4.49. The lowest BCUT2D eigenvalue weighted by atomic mass is 10.2. The van der Waals surface area contributed by atoms with Crippen molar-refractivity contribution in [1.82, 2.24) is 10.2 Å². The van der Waals surface area contributed by atoms with Crippen LogP contribution in [-0.2, 0) is 4.74 Å². The highest BCUT2D eigenvalue weighted by atomic mass is 16.5. The fourth-order valence-electron chi connectivity index (χ4n) is 1.33. The molecular formula is C11H10N2O2. The van der Waals surface area contributed by atoms with E-state index in [9.17, 15) is 4.79 Å². The van der Waals surface area contributed by atoms with Gasteiger partial charge in [-0.2, -0.15) is 5.10 Å². The summed E-state index contributed by atoms with van der Waals surface area (Å²) in [7, 11) is 0. The molecule has 0 saturated heterocycles. The van der Waals surface area contributed by atoms with E-state index in [-0.39, 0.29) is 5.69 Å². The number of nitrogens with zero attached hydrogens (tertiary/aromatic N) is 1. The molecule has 0 aliphatic carbocycles. The normalized spacial score (nSPS) is 10.2. The number of carbonyl (C=O) groups is 1. The zero-order valence-electron chi connectivity index (χ0n) is 8.28. The van der Waals surface area contributed by atoms with Crippen LogP contribution in [0.2, 0.25) is 0 Å². The maximum Gasteiger partial charge on any atom is 0.364 e. The van der Waals surface area contributed by atoms with Crippen molar-refractivity contribution in [3.63, 3.8) is 0 Å². The first-order valence-corrected chi connectivity index (χ1v) is 4.49. The summed E-state index contributed by atoms with van der Waals surface area (Å²) in [5, 5.41) is 7.42. The number of ether oxygens (including phenoxy) is 1. The van der Waals surface area contributed by atoms with Crippen LogP contribution < -0.4 is 0 Å². The van der Waals surface area contributed by atoms with Gasteiger partial charge in [0, 0.05) is 5.39 Å². The number of aromatic amines is 1. The van der Waals surface area contributed by atoms with Crippen molar-refractivity contribution in [2.45, 2.75) is 6.92 Å². The van der Waals surface area contributed by atoms with E-state index in [2.05, 4.69) is 16.8 Å². The number of para-hydroxylation sites is 1. The first kappa shape index (κ1) is 9.45. The lowest BCUT2D eigenvalue weighted by Gasteiger charge is -1.99. The number of nitrogens with one attached hydrogen (secondary N) is 1. The van der Waals surface area contributed by atoms with E-state index in [0.717, 1.165) is 10.9 Å². The monoisotopic (exact) mass is 202 g/mol. The molecular weight excluding hydrogens is 192 g/mol. The molecule has 0 unspecified atom stereocenters. The van der Waals surface area contributed by atoms with E-state index in [4.69, 9.17) is 4.74 Å². The number of aromatic nitrogens is 2. The third kappa shape index (κ3) is 1.74. The molecule has 0 amide bonds. The van der Waals surface area contributed by atoms with Crippen molar-refractivity contribution in [3.8, 4) is 0 Å². The minimum absolute atomic E-state index is 0.286. The highest BCUT2D eigenvalue weighted by molar-refractivity contribution is 6.02. The molecule has 76 valence electrons. The van der Waals surface area contributed by atoms with Crippen molar-refractivity contribution >= 4 is 16.9 Å². The number of hydrogen-bond acceptors (Lipinski definition) is 3. The van der Waals surface area contributed by atoms with Gasteiger partial charge in [-0.3, -0.25) is 5.10 Å². The molecule has 4 nitrogen and oxygen atoms in total. The van der Waals surface area contributed by atoms with Crippen LogP contribution in [-0.4, -0.2) is 16.2 Å². The van der Waals surface area contributed by atoms with Crippen LogP contribution in [0.25, 0.3) is 10.9 Å². The average Bonchev–Trinajstić information content (AvgIpc) is 2.59. The topological polar surface area (TPSA) is 55.0 Å². The van der Waals surface area contributed by atoms with Gasteiger partial charge >= 0.3 is 5.97 Å². The van der Waals surface area contributed by atoms with Gasteiger partial charge in [0.05, 0.1) is 11.3 Å². The Morgan fingerprint density at radius 1 is 1.47 bits per heavy atom. The predicted octanol–water partition coefficient (Wildman–Crippen LogP) is 2.25. The maximum atomic E-state index is 11.6. The fraction of sp³-hybridized carbons (Fsp3) is 0.0909. The SMILES string of the molecule is C=C(C)OC(=O)c1n[nH]c2ccccc12. The summed E-state index contributed by atoms with van der Waals surface area (Å²) in [4.78, 5) is 11.6. The Hall–Kier alpha value is -2.10. The number of benzene rings is 1. The summed E-state index contributed by atoms with van der Waals surface area (Å²) < 4.78 is 4.89. The zero-order valence-corrected chi connectivity index (χ0v) is 8.28. The summed E-state index contributed by atoms with van der Waals surface area (Å²) in [5.74, 6) is -0.132. The molecule has 0 atom stereocenters. The predicted molar refractivity (Wildman–Crippen MR) is 56.3 cm³/mol. The molecule has 1 N–H and O–H groups in total. The van der Waals surface area contributed by atoms with Crippen molar-refractivity contribution in [2.75, 3.05) is 0 Å². The second kappa shape index (κ2) is 3.57. The van der Waals surface area contributed by atoms with E-state index in [1.54, 1.807) is 6.92 Å². The van der Waals surface area contributed by atoms with Crippen LogP contribution in [0.15, 0.2) is 36.6 Å². The largest absolute Gasteiger partial charge is 0.427 e. The summed E-state index contributed by atoms with van der Waals surface area (Å²) in [6.07, 6.45) is 0. The van der Waals surface area contributed by atoms with Gasteiger partial charge in [0.15, 0.2) is 5.69 Å². The number of rotatable bonds is 2. The summed E-state index contributed by atoms with van der Waals surface area (Å²) in [6, 6.07) is 7.37. The molecule has 0 aliphatic heterocycles. The van der Waals surface area contributed by atoms with Gasteiger partial charge in [0.25, 0.3) is 0 Å². The Morgan fingerprint density at radius 2 is 2.20 bits per heavy atom. The molecule has 0 radical (unpaired) electrons. The number of hydrogen-bond donors (Lipinski definition) is 1. The number of esters is 1. The van der Waals surface area contributed by atoms with Crippen LogP contribution in [0, 0.1) is 0 Å². The number of allylic oxidation sites excluding steroid dienone is 1. The van der Waals surface area contributed by atoms with Gasteiger partial charge in [0.1, 0.15) is 0 Å². The molecule has 2 aromatic rings. The quantitative estimate of drug-likeness (QED) is 0.600. The number of carbonyl (C=O) groups excluding carboxylic acids is 1. The summed E-state index contributed by atoms with van der Waals surface area (Å²) >= 11 is 0. The molecule has 15 heavy (non-hydrogen) atoms. The van der Waals surface area contributed by atoms with Gasteiger partial charge in [-0.1, -0.05) is 24.8 Å². The standard InChI is InChI=1S/C11H10N2O2/c1-7(2)15-11(14)10-8-5-3-4-6-9(8)12-13-10/h3-6H,1H2,2H3,(H,12,13). The van der Waals surface area contributed by atoms with Crippen molar-refractivity contribution in [1.29, 1.82) is 0 Å². The van der Waals surface area contributed by atoms with Crippen molar-refractivity contribution in [2.24, 2.45) is 0 Å². The lowest BCUT2D eigenvalue weighted by Crippen LogP contribution is -2.04. The smallest absolute Gasteiger partial charge is 0.364 e. The molecule has 0 bridgehead atoms. The molecule has 0 aliphatic rings. The highest BCUT2D eigenvalue weighted by Crippen LogP contribution is 2.16. The van der Waals surface area contributed by atoms with Crippen LogP contribution in [0.5, 0.6) is 0 Å². The maximum absolute atomic E-state index is 11.6. The number of H-pyrrole nitrogens is 1. The van der Waals surface area contributed by atoms with Gasteiger partial charge < -0.3 is 4.74 Å². The molecule has 0 fully saturated rings. The third-order valence-electron chi connectivity index (χ3n) is 1.93. The zero-order chi connectivity index (χ0) is 10.8. The highest BCUT2D eigenvalue weighted by Gasteiger charge is 2.15. The second-order valence-electron chi connectivity index (χ2n) is 3.21. The van der Waals surface area contributed by atoms with Gasteiger partial charge in [0.2, 0.25) is 0 Å². The van der Waals surface area contributed by atoms with Crippen LogP contribution in [0.1, 0.15) is 17.4 Å². The first-order chi connectivity index (χ1) is 7.18. The van der Waals surface area contributed by atoms with E-state index in [1.165, 1.54) is 0 Å². The Labute approximate surface area is 86.6 Å². The Balaban J connectivity index is 2.44. The molecule has 4 heteroatoms. The van der Waals surface area contributed by atoms with Crippen molar-refractivity contribution < 1.29 is 9.53 Å². The third-order valence-corrected chi connectivity index (χ3v) is 1.93.